The van der Waals surface area contributed by atoms with Gasteiger partial charge in [0.05, 0.1) is 31.8 Å². The van der Waals surface area contributed by atoms with E-state index >= 15 is 4.39 Å². The lowest BCUT2D eigenvalue weighted by molar-refractivity contribution is -0.910. The van der Waals surface area contributed by atoms with E-state index in [1.165, 1.54) is 17.0 Å². The molecule has 0 unspecified atom stereocenters. The Kier molecular flexibility index (Phi) is 6.91. The third kappa shape index (κ3) is 6.06. The largest absolute Gasteiger partial charge is 0.376 e. The molecule has 28 heavy (non-hydrogen) atoms. The highest BCUT2D eigenvalue weighted by atomic mass is 35.5. The van der Waals surface area contributed by atoms with E-state index in [0.717, 1.165) is 39.1 Å². The molecule has 156 valence electrons. The summed E-state index contributed by atoms with van der Waals surface area (Å²) in [4.78, 5) is 13.8. The number of carbonyl (C=O) groups is 1. The normalized spacial score (nSPS) is 30.0. The minimum atomic E-state index is -1.35. The Balaban J connectivity index is 1.46. The standard InChI is InChI=1S/C21H29Cl2FN2O2/c1-20(2)12-15(3-8-28-20)13-26-6-4-21(24,5-7-26)14-25-19(27)16-9-17(22)11-18(23)10-16/h9-11,15H,3-8,12-14H2,1-2H3,(H,25,27)/p+1/t15-/m0/s1. The fourth-order valence-electron chi connectivity index (χ4n) is 4.40. The number of hydrogen-bond acceptors (Lipinski definition) is 2. The van der Waals surface area contributed by atoms with E-state index in [0.29, 0.717) is 34.4 Å². The molecule has 2 aliphatic heterocycles. The fraction of sp³-hybridized carbons (Fsp3) is 0.667. The Morgan fingerprint density at radius 3 is 2.50 bits per heavy atom. The zero-order valence-corrected chi connectivity index (χ0v) is 18.1. The highest BCUT2D eigenvalue weighted by Gasteiger charge is 2.39. The third-order valence-electron chi connectivity index (χ3n) is 5.92. The maximum Gasteiger partial charge on any atom is 0.251 e. The monoisotopic (exact) mass is 431 g/mol. The van der Waals surface area contributed by atoms with Crippen LogP contribution in [0.5, 0.6) is 0 Å². The van der Waals surface area contributed by atoms with Crippen LogP contribution in [-0.4, -0.2) is 50.0 Å². The molecule has 0 aliphatic carbocycles. The number of rotatable bonds is 5. The molecular formula is C21H30Cl2FN2O2+. The Labute approximate surface area is 176 Å². The zero-order valence-electron chi connectivity index (χ0n) is 16.6. The van der Waals surface area contributed by atoms with E-state index in [1.54, 1.807) is 6.07 Å². The molecule has 0 radical (unpaired) electrons. The SMILES string of the molecule is CC1(C)C[C@@H](C[NH+]2CCC(F)(CNC(=O)c3cc(Cl)cc(Cl)c3)CC2)CCO1. The van der Waals surface area contributed by atoms with Crippen molar-refractivity contribution in [2.45, 2.75) is 50.8 Å². The van der Waals surface area contributed by atoms with Crippen molar-refractivity contribution in [2.75, 3.05) is 32.8 Å². The lowest BCUT2D eigenvalue weighted by Crippen LogP contribution is -3.14. The number of amides is 1. The van der Waals surface area contributed by atoms with Gasteiger partial charge >= 0.3 is 0 Å². The second kappa shape index (κ2) is 8.86. The molecule has 2 fully saturated rings. The molecule has 3 rings (SSSR count). The van der Waals surface area contributed by atoms with Crippen molar-refractivity contribution in [2.24, 2.45) is 5.92 Å². The van der Waals surface area contributed by atoms with Crippen molar-refractivity contribution in [1.82, 2.24) is 5.32 Å². The van der Waals surface area contributed by atoms with Crippen molar-refractivity contribution in [3.63, 3.8) is 0 Å². The predicted molar refractivity (Wildman–Crippen MR) is 110 cm³/mol. The van der Waals surface area contributed by atoms with Crippen LogP contribution in [-0.2, 0) is 4.74 Å². The van der Waals surface area contributed by atoms with E-state index in [1.807, 2.05) is 0 Å². The van der Waals surface area contributed by atoms with Gasteiger partial charge in [-0.1, -0.05) is 23.2 Å². The van der Waals surface area contributed by atoms with E-state index in [2.05, 4.69) is 19.2 Å². The molecule has 7 heteroatoms. The van der Waals surface area contributed by atoms with Crippen LogP contribution in [0.1, 0.15) is 49.9 Å². The third-order valence-corrected chi connectivity index (χ3v) is 6.36. The Morgan fingerprint density at radius 1 is 1.25 bits per heavy atom. The number of piperidine rings is 1. The average Bonchev–Trinajstić information content (AvgIpc) is 2.60. The van der Waals surface area contributed by atoms with Gasteiger partial charge in [-0.25, -0.2) is 4.39 Å². The van der Waals surface area contributed by atoms with Crippen molar-refractivity contribution in [3.05, 3.63) is 33.8 Å². The van der Waals surface area contributed by atoms with Crippen LogP contribution < -0.4 is 10.2 Å². The molecule has 0 aromatic heterocycles. The molecule has 0 saturated carbocycles. The van der Waals surface area contributed by atoms with Gasteiger partial charge in [0.15, 0.2) is 0 Å². The maximum atomic E-state index is 15.2. The highest BCUT2D eigenvalue weighted by Crippen LogP contribution is 2.28. The van der Waals surface area contributed by atoms with Crippen molar-refractivity contribution in [1.29, 1.82) is 0 Å². The van der Waals surface area contributed by atoms with Gasteiger partial charge in [-0.05, 0) is 44.9 Å². The molecule has 1 aromatic carbocycles. The summed E-state index contributed by atoms with van der Waals surface area (Å²) in [6.07, 6.45) is 3.08. The number of benzene rings is 1. The maximum absolute atomic E-state index is 15.2. The first-order chi connectivity index (χ1) is 13.1. The summed E-state index contributed by atoms with van der Waals surface area (Å²) < 4.78 is 21.0. The molecule has 4 nitrogen and oxygen atoms in total. The topological polar surface area (TPSA) is 42.8 Å². The minimum absolute atomic E-state index is 0.0214. The van der Waals surface area contributed by atoms with Crippen molar-refractivity contribution in [3.8, 4) is 0 Å². The first-order valence-electron chi connectivity index (χ1n) is 10.0. The van der Waals surface area contributed by atoms with Gasteiger partial charge in [0.1, 0.15) is 5.67 Å². The number of ether oxygens (including phenoxy) is 1. The summed E-state index contributed by atoms with van der Waals surface area (Å²) in [5.41, 5.74) is -1.04. The lowest BCUT2D eigenvalue weighted by Gasteiger charge is -2.39. The molecule has 2 aliphatic rings. The molecule has 2 heterocycles. The summed E-state index contributed by atoms with van der Waals surface area (Å²) in [5, 5.41) is 3.49. The lowest BCUT2D eigenvalue weighted by atomic mass is 9.86. The van der Waals surface area contributed by atoms with Crippen LogP contribution in [0.4, 0.5) is 4.39 Å². The predicted octanol–water partition coefficient (Wildman–Crippen LogP) is 3.32. The van der Waals surface area contributed by atoms with Crippen LogP contribution in [0.2, 0.25) is 10.0 Å². The highest BCUT2D eigenvalue weighted by molar-refractivity contribution is 6.35. The van der Waals surface area contributed by atoms with Crippen LogP contribution >= 0.6 is 23.2 Å². The van der Waals surface area contributed by atoms with Crippen molar-refractivity contribution < 1.29 is 18.8 Å². The fourth-order valence-corrected chi connectivity index (χ4v) is 4.92. The first-order valence-corrected chi connectivity index (χ1v) is 10.8. The number of hydrogen-bond donors (Lipinski definition) is 2. The Hall–Kier alpha value is -0.880. The number of carbonyl (C=O) groups excluding carboxylic acids is 1. The van der Waals surface area contributed by atoms with Gasteiger partial charge in [0, 0.05) is 41.0 Å². The first kappa shape index (κ1) is 21.8. The van der Waals surface area contributed by atoms with Crippen LogP contribution in [0.15, 0.2) is 18.2 Å². The summed E-state index contributed by atoms with van der Waals surface area (Å²) in [6, 6.07) is 4.64. The van der Waals surface area contributed by atoms with Gasteiger partial charge in [0.25, 0.3) is 5.91 Å². The quantitative estimate of drug-likeness (QED) is 0.750. The number of alkyl halides is 1. The van der Waals surface area contributed by atoms with Gasteiger partial charge in [-0.2, -0.15) is 0 Å². The van der Waals surface area contributed by atoms with E-state index in [9.17, 15) is 4.79 Å². The van der Waals surface area contributed by atoms with E-state index < -0.39 is 5.67 Å². The van der Waals surface area contributed by atoms with Gasteiger partial charge < -0.3 is 15.0 Å². The second-order valence-electron chi connectivity index (χ2n) is 8.91. The van der Waals surface area contributed by atoms with Gasteiger partial charge in [-0.15, -0.1) is 0 Å². The minimum Gasteiger partial charge on any atom is -0.376 e. The number of quaternary nitrogens is 1. The van der Waals surface area contributed by atoms with Gasteiger partial charge in [0.2, 0.25) is 0 Å². The van der Waals surface area contributed by atoms with Crippen molar-refractivity contribution >= 4 is 29.1 Å². The zero-order chi connectivity index (χ0) is 20.4. The molecule has 1 atom stereocenters. The number of likely N-dealkylation sites (tertiary alicyclic amines) is 1. The Morgan fingerprint density at radius 2 is 1.89 bits per heavy atom. The van der Waals surface area contributed by atoms with Crippen LogP contribution in [0.3, 0.4) is 0 Å². The Bertz CT molecular complexity index is 685. The molecular weight excluding hydrogens is 402 g/mol. The molecule has 1 aromatic rings. The van der Waals surface area contributed by atoms with E-state index in [4.69, 9.17) is 27.9 Å². The summed E-state index contributed by atoms with van der Waals surface area (Å²) in [6.45, 7) is 7.81. The molecule has 2 saturated heterocycles. The molecule has 1 amide bonds. The smallest absolute Gasteiger partial charge is 0.251 e. The number of nitrogens with one attached hydrogen (secondary N) is 2. The average molecular weight is 432 g/mol. The van der Waals surface area contributed by atoms with Crippen LogP contribution in [0, 0.1) is 5.92 Å². The molecule has 2 N–H and O–H groups in total. The summed E-state index contributed by atoms with van der Waals surface area (Å²) in [5.74, 6) is 0.291. The molecule has 0 spiro atoms. The molecule has 0 bridgehead atoms. The van der Waals surface area contributed by atoms with Gasteiger partial charge in [-0.3, -0.25) is 4.79 Å². The number of halogens is 3. The van der Waals surface area contributed by atoms with E-state index in [-0.39, 0.29) is 18.1 Å². The summed E-state index contributed by atoms with van der Waals surface area (Å²) >= 11 is 11.9. The second-order valence-corrected chi connectivity index (χ2v) is 9.79. The summed E-state index contributed by atoms with van der Waals surface area (Å²) in [7, 11) is 0. The van der Waals surface area contributed by atoms with Crippen LogP contribution in [0.25, 0.3) is 0 Å².